The van der Waals surface area contributed by atoms with E-state index in [1.807, 2.05) is 12.1 Å². The van der Waals surface area contributed by atoms with E-state index in [-0.39, 0.29) is 29.6 Å². The van der Waals surface area contributed by atoms with Gasteiger partial charge < -0.3 is 19.9 Å². The molecular formula is C30H20BrFN2O4. The smallest absolute Gasteiger partial charge is 0.343 e. The number of carbonyl (C=O) groups excluding carboxylic acids is 1. The molecular weight excluding hydrogens is 551 g/mol. The first kappa shape index (κ1) is 25.1. The zero-order chi connectivity index (χ0) is 26.6. The van der Waals surface area contributed by atoms with Crippen LogP contribution in [0.2, 0.25) is 0 Å². The van der Waals surface area contributed by atoms with Gasteiger partial charge in [0.2, 0.25) is 5.88 Å². The fourth-order valence-corrected chi connectivity index (χ4v) is 4.36. The second-order valence-corrected chi connectivity index (χ2v) is 9.42. The Hall–Kier alpha value is -4.61. The topological polar surface area (TPSA) is 94.6 Å². The molecule has 0 saturated heterocycles. The number of carbonyl (C=O) groups is 1. The molecule has 0 fully saturated rings. The molecule has 4 aromatic rings. The first-order valence-electron chi connectivity index (χ1n) is 11.6. The minimum Gasteiger partial charge on any atom is -0.489 e. The van der Waals surface area contributed by atoms with E-state index in [9.17, 15) is 14.4 Å². The molecule has 5 rings (SSSR count). The Morgan fingerprint density at radius 1 is 0.974 bits per heavy atom. The summed E-state index contributed by atoms with van der Waals surface area (Å²) < 4.78 is 31.0. The number of halogens is 2. The SMILES string of the molecule is N#CC1=C(N)Oc2cc(OC(=O)c3ccc(Br)cc3)ccc2C1c1ccc(OCc2ccc(F)cc2)cc1. The Balaban J connectivity index is 1.37. The van der Waals surface area contributed by atoms with Crippen molar-refractivity contribution >= 4 is 21.9 Å². The highest BCUT2D eigenvalue weighted by Gasteiger charge is 2.31. The molecule has 188 valence electrons. The number of ether oxygens (including phenoxy) is 3. The summed E-state index contributed by atoms with van der Waals surface area (Å²) in [5.74, 6) is -0.00909. The molecule has 0 saturated carbocycles. The van der Waals surface area contributed by atoms with Crippen molar-refractivity contribution in [1.82, 2.24) is 0 Å². The molecule has 1 atom stereocenters. The fourth-order valence-electron chi connectivity index (χ4n) is 4.10. The average Bonchev–Trinajstić information content (AvgIpc) is 2.92. The molecule has 4 aromatic carbocycles. The van der Waals surface area contributed by atoms with Crippen LogP contribution >= 0.6 is 15.9 Å². The van der Waals surface area contributed by atoms with Gasteiger partial charge in [0.1, 0.15) is 41.3 Å². The van der Waals surface area contributed by atoms with Crippen molar-refractivity contribution in [3.05, 3.63) is 135 Å². The summed E-state index contributed by atoms with van der Waals surface area (Å²) in [7, 11) is 0. The second kappa shape index (κ2) is 10.8. The third-order valence-electron chi connectivity index (χ3n) is 6.01. The van der Waals surface area contributed by atoms with Gasteiger partial charge in [-0.1, -0.05) is 46.3 Å². The van der Waals surface area contributed by atoms with Gasteiger partial charge >= 0.3 is 5.97 Å². The van der Waals surface area contributed by atoms with Gasteiger partial charge in [-0.2, -0.15) is 5.26 Å². The molecule has 6 nitrogen and oxygen atoms in total. The van der Waals surface area contributed by atoms with E-state index in [0.717, 1.165) is 15.6 Å². The van der Waals surface area contributed by atoms with Gasteiger partial charge in [0.25, 0.3) is 0 Å². The lowest BCUT2D eigenvalue weighted by Crippen LogP contribution is -2.21. The van der Waals surface area contributed by atoms with Gasteiger partial charge in [-0.3, -0.25) is 0 Å². The zero-order valence-corrected chi connectivity index (χ0v) is 21.4. The lowest BCUT2D eigenvalue weighted by molar-refractivity contribution is 0.0734. The van der Waals surface area contributed by atoms with Crippen molar-refractivity contribution in [3.63, 3.8) is 0 Å². The highest BCUT2D eigenvalue weighted by atomic mass is 79.9. The Labute approximate surface area is 226 Å². The lowest BCUT2D eigenvalue weighted by atomic mass is 9.83. The minimum atomic E-state index is -0.512. The molecule has 0 bridgehead atoms. The van der Waals surface area contributed by atoms with Gasteiger partial charge in [0.15, 0.2) is 0 Å². The summed E-state index contributed by atoms with van der Waals surface area (Å²) in [6, 6.07) is 27.4. The fraction of sp³-hybridized carbons (Fsp3) is 0.0667. The number of nitriles is 1. The molecule has 1 aliphatic heterocycles. The van der Waals surface area contributed by atoms with Crippen molar-refractivity contribution in [2.45, 2.75) is 12.5 Å². The molecule has 1 unspecified atom stereocenters. The summed E-state index contributed by atoms with van der Waals surface area (Å²) in [5.41, 5.74) is 9.14. The molecule has 0 radical (unpaired) electrons. The quantitative estimate of drug-likeness (QED) is 0.207. The number of allylic oxidation sites excluding steroid dienone is 1. The van der Waals surface area contributed by atoms with Crippen LogP contribution in [0.1, 0.15) is 33.0 Å². The Morgan fingerprint density at radius 2 is 1.66 bits per heavy atom. The van der Waals surface area contributed by atoms with E-state index >= 15 is 0 Å². The Morgan fingerprint density at radius 3 is 2.34 bits per heavy atom. The van der Waals surface area contributed by atoms with Gasteiger partial charge in [0, 0.05) is 16.1 Å². The van der Waals surface area contributed by atoms with Crippen LogP contribution in [0.25, 0.3) is 0 Å². The van der Waals surface area contributed by atoms with Crippen molar-refractivity contribution in [2.24, 2.45) is 5.73 Å². The number of hydrogen-bond acceptors (Lipinski definition) is 6. The molecule has 1 heterocycles. The average molecular weight is 571 g/mol. The van der Waals surface area contributed by atoms with Crippen LogP contribution in [0, 0.1) is 17.1 Å². The van der Waals surface area contributed by atoms with E-state index in [2.05, 4.69) is 22.0 Å². The predicted molar refractivity (Wildman–Crippen MR) is 142 cm³/mol. The first-order chi connectivity index (χ1) is 18.4. The number of hydrogen-bond donors (Lipinski definition) is 1. The summed E-state index contributed by atoms with van der Waals surface area (Å²) in [5, 5.41) is 9.83. The van der Waals surface area contributed by atoms with Crippen molar-refractivity contribution in [3.8, 4) is 23.3 Å². The normalized spacial score (nSPS) is 14.2. The highest BCUT2D eigenvalue weighted by molar-refractivity contribution is 9.10. The number of esters is 1. The monoisotopic (exact) mass is 570 g/mol. The maximum absolute atomic E-state index is 13.1. The van der Waals surface area contributed by atoms with Crippen LogP contribution in [0.3, 0.4) is 0 Å². The number of benzene rings is 4. The van der Waals surface area contributed by atoms with Crippen LogP contribution in [0.5, 0.6) is 17.2 Å². The standard InChI is InChI=1S/C30H20BrFN2O4/c31-21-7-3-20(4-8-21)30(35)37-24-13-14-25-27(15-24)38-29(34)26(16-33)28(25)19-5-11-23(12-6-19)36-17-18-1-9-22(32)10-2-18/h1-15,28H,17,34H2. The van der Waals surface area contributed by atoms with Crippen molar-refractivity contribution < 1.29 is 23.4 Å². The number of rotatable bonds is 6. The number of nitrogens with two attached hydrogens (primary N) is 1. The van der Waals surface area contributed by atoms with Gasteiger partial charge in [0.05, 0.1) is 11.5 Å². The summed E-state index contributed by atoms with van der Waals surface area (Å²) in [4.78, 5) is 12.5. The van der Waals surface area contributed by atoms with Crippen LogP contribution in [-0.4, -0.2) is 5.97 Å². The van der Waals surface area contributed by atoms with Crippen molar-refractivity contribution in [2.75, 3.05) is 0 Å². The largest absolute Gasteiger partial charge is 0.489 e. The summed E-state index contributed by atoms with van der Waals surface area (Å²) in [6.45, 7) is 0.289. The Bertz CT molecular complexity index is 1560. The number of fused-ring (bicyclic) bond motifs is 1. The maximum atomic E-state index is 13.1. The molecule has 38 heavy (non-hydrogen) atoms. The van der Waals surface area contributed by atoms with Crippen LogP contribution in [-0.2, 0) is 6.61 Å². The van der Waals surface area contributed by atoms with E-state index in [1.54, 1.807) is 66.7 Å². The van der Waals surface area contributed by atoms with Crippen LogP contribution < -0.4 is 19.9 Å². The van der Waals surface area contributed by atoms with Gasteiger partial charge in [-0.25, -0.2) is 9.18 Å². The van der Waals surface area contributed by atoms with Crippen LogP contribution in [0.15, 0.2) is 107 Å². The predicted octanol–water partition coefficient (Wildman–Crippen LogP) is 6.60. The molecule has 0 aromatic heterocycles. The van der Waals surface area contributed by atoms with E-state index in [1.165, 1.54) is 12.1 Å². The molecule has 0 spiro atoms. The van der Waals surface area contributed by atoms with E-state index in [4.69, 9.17) is 19.9 Å². The zero-order valence-electron chi connectivity index (χ0n) is 19.9. The molecule has 1 aliphatic rings. The second-order valence-electron chi connectivity index (χ2n) is 8.51. The van der Waals surface area contributed by atoms with Crippen molar-refractivity contribution in [1.29, 1.82) is 5.26 Å². The summed E-state index contributed by atoms with van der Waals surface area (Å²) >= 11 is 3.34. The molecule has 2 N–H and O–H groups in total. The first-order valence-corrected chi connectivity index (χ1v) is 12.4. The summed E-state index contributed by atoms with van der Waals surface area (Å²) in [6.07, 6.45) is 0. The van der Waals surface area contributed by atoms with E-state index in [0.29, 0.717) is 22.6 Å². The highest BCUT2D eigenvalue weighted by Crippen LogP contribution is 2.43. The molecule has 0 amide bonds. The van der Waals surface area contributed by atoms with E-state index < -0.39 is 11.9 Å². The molecule has 0 aliphatic carbocycles. The third kappa shape index (κ3) is 5.38. The third-order valence-corrected chi connectivity index (χ3v) is 6.54. The van der Waals surface area contributed by atoms with Gasteiger partial charge in [-0.15, -0.1) is 0 Å². The number of nitrogens with zero attached hydrogens (tertiary/aromatic N) is 1. The maximum Gasteiger partial charge on any atom is 0.343 e. The van der Waals surface area contributed by atoms with Gasteiger partial charge in [-0.05, 0) is 65.7 Å². The minimum absolute atomic E-state index is 0.0157. The lowest BCUT2D eigenvalue weighted by Gasteiger charge is -2.26. The Kier molecular flexibility index (Phi) is 7.11. The molecule has 8 heteroatoms. The van der Waals surface area contributed by atoms with Crippen LogP contribution in [0.4, 0.5) is 4.39 Å².